The number of nitrogens with zero attached hydrogens (tertiary/aromatic N) is 1. The molecule has 1 aliphatic rings. The maximum absolute atomic E-state index is 12.8. The summed E-state index contributed by atoms with van der Waals surface area (Å²) in [5.74, 6) is -1.52. The fourth-order valence-electron chi connectivity index (χ4n) is 3.22. The number of benzene rings is 3. The number of fused-ring (bicyclic) bond motifs is 2. The van der Waals surface area contributed by atoms with Crippen molar-refractivity contribution >= 4 is 39.7 Å². The summed E-state index contributed by atoms with van der Waals surface area (Å²) in [6, 6.07) is 19.8. The van der Waals surface area contributed by atoms with Crippen LogP contribution in [0.5, 0.6) is 0 Å². The highest BCUT2D eigenvalue weighted by molar-refractivity contribution is 6.59. The minimum Gasteiger partial charge on any atom is -0.506 e. The second-order valence-corrected chi connectivity index (χ2v) is 6.31. The second-order valence-electron chi connectivity index (χ2n) is 6.31. The van der Waals surface area contributed by atoms with Gasteiger partial charge < -0.3 is 9.84 Å². The number of ketones is 1. The zero-order valence-corrected chi connectivity index (χ0v) is 15.2. The third kappa shape index (κ3) is 2.97. The number of esters is 1. The van der Waals surface area contributed by atoms with Gasteiger partial charge in [0, 0.05) is 11.1 Å². The predicted octanol–water partition coefficient (Wildman–Crippen LogP) is 4.64. The van der Waals surface area contributed by atoms with Crippen LogP contribution < -0.4 is 0 Å². The van der Waals surface area contributed by atoms with E-state index in [9.17, 15) is 14.7 Å². The summed E-state index contributed by atoms with van der Waals surface area (Å²) >= 11 is 0. The van der Waals surface area contributed by atoms with Gasteiger partial charge >= 0.3 is 5.97 Å². The van der Waals surface area contributed by atoms with Crippen molar-refractivity contribution in [1.82, 2.24) is 0 Å². The zero-order chi connectivity index (χ0) is 19.7. The summed E-state index contributed by atoms with van der Waals surface area (Å²) < 4.78 is 5.10. The lowest BCUT2D eigenvalue weighted by Gasteiger charge is -2.10. The molecule has 0 radical (unpaired) electrons. The van der Waals surface area contributed by atoms with E-state index in [0.717, 1.165) is 10.8 Å². The summed E-state index contributed by atoms with van der Waals surface area (Å²) in [7, 11) is 0. The first-order valence-corrected chi connectivity index (χ1v) is 8.92. The molecule has 0 saturated heterocycles. The van der Waals surface area contributed by atoms with Crippen LogP contribution in [0.25, 0.3) is 16.5 Å². The number of para-hydroxylation sites is 1. The van der Waals surface area contributed by atoms with Crippen molar-refractivity contribution in [3.63, 3.8) is 0 Å². The van der Waals surface area contributed by atoms with Crippen molar-refractivity contribution in [2.75, 3.05) is 6.61 Å². The maximum Gasteiger partial charge on any atom is 0.344 e. The van der Waals surface area contributed by atoms with Crippen molar-refractivity contribution in [3.05, 3.63) is 83.4 Å². The molecule has 5 nitrogen and oxygen atoms in total. The average Bonchev–Trinajstić information content (AvgIpc) is 3.04. The van der Waals surface area contributed by atoms with Crippen LogP contribution in [0.3, 0.4) is 0 Å². The molecule has 3 aromatic rings. The molecule has 0 fully saturated rings. The second kappa shape index (κ2) is 7.12. The van der Waals surface area contributed by atoms with Crippen LogP contribution in [-0.4, -0.2) is 29.2 Å². The number of ether oxygens (including phenoxy) is 1. The Bertz CT molecular complexity index is 1170. The largest absolute Gasteiger partial charge is 0.506 e. The van der Waals surface area contributed by atoms with Crippen LogP contribution in [0.2, 0.25) is 0 Å². The number of carbonyl (C=O) groups excluding carboxylic acids is 2. The predicted molar refractivity (Wildman–Crippen MR) is 108 cm³/mol. The minimum atomic E-state index is -0.784. The Morgan fingerprint density at radius 1 is 1.00 bits per heavy atom. The van der Waals surface area contributed by atoms with Crippen LogP contribution in [0, 0.1) is 0 Å². The van der Waals surface area contributed by atoms with Gasteiger partial charge in [-0.25, -0.2) is 9.79 Å². The third-order valence-electron chi connectivity index (χ3n) is 4.57. The van der Waals surface area contributed by atoms with E-state index in [4.69, 9.17) is 4.74 Å². The van der Waals surface area contributed by atoms with Crippen LogP contribution in [-0.2, 0) is 9.53 Å². The lowest BCUT2D eigenvalue weighted by atomic mass is 9.98. The Hall–Kier alpha value is -3.73. The van der Waals surface area contributed by atoms with Gasteiger partial charge in [0.15, 0.2) is 0 Å². The first kappa shape index (κ1) is 17.7. The Morgan fingerprint density at radius 2 is 1.71 bits per heavy atom. The SMILES string of the molecule is CCOC(=O)/C(C1=Nc2ccccc2C1=O)=C(/O)c1ccc2ccccc2c1. The van der Waals surface area contributed by atoms with Crippen molar-refractivity contribution in [2.45, 2.75) is 6.92 Å². The van der Waals surface area contributed by atoms with E-state index in [2.05, 4.69) is 4.99 Å². The van der Waals surface area contributed by atoms with Gasteiger partial charge in [-0.05, 0) is 35.9 Å². The lowest BCUT2D eigenvalue weighted by molar-refractivity contribution is -0.137. The number of rotatable bonds is 4. The van der Waals surface area contributed by atoms with Gasteiger partial charge in [-0.15, -0.1) is 0 Å². The molecule has 0 spiro atoms. The number of aliphatic hydroxyl groups is 1. The molecule has 5 heteroatoms. The zero-order valence-electron chi connectivity index (χ0n) is 15.2. The van der Waals surface area contributed by atoms with E-state index >= 15 is 0 Å². The molecular weight excluding hydrogens is 354 g/mol. The molecule has 0 atom stereocenters. The molecule has 1 heterocycles. The molecule has 3 aromatic carbocycles. The van der Waals surface area contributed by atoms with E-state index < -0.39 is 11.8 Å². The lowest BCUT2D eigenvalue weighted by Crippen LogP contribution is -2.22. The highest BCUT2D eigenvalue weighted by Gasteiger charge is 2.34. The summed E-state index contributed by atoms with van der Waals surface area (Å²) in [5, 5.41) is 12.8. The Labute approximate surface area is 161 Å². The van der Waals surface area contributed by atoms with E-state index in [1.807, 2.05) is 30.3 Å². The molecule has 0 aromatic heterocycles. The highest BCUT2D eigenvalue weighted by atomic mass is 16.5. The van der Waals surface area contributed by atoms with Gasteiger partial charge in [0.25, 0.3) is 0 Å². The van der Waals surface area contributed by atoms with Crippen molar-refractivity contribution in [1.29, 1.82) is 0 Å². The van der Waals surface area contributed by atoms with E-state index in [1.165, 1.54) is 0 Å². The first-order chi connectivity index (χ1) is 13.6. The number of aliphatic imine (C=N–C) groups is 1. The normalized spacial score (nSPS) is 13.8. The van der Waals surface area contributed by atoms with Gasteiger partial charge in [-0.1, -0.05) is 48.5 Å². The molecule has 28 heavy (non-hydrogen) atoms. The standard InChI is InChI=1S/C23H17NO4/c1-2-28-23(27)19(20-22(26)17-9-5-6-10-18(17)24-20)21(25)16-12-11-14-7-3-4-8-15(14)13-16/h3-13,25H,2H2,1H3/b21-19+. The Kier molecular flexibility index (Phi) is 4.49. The number of hydrogen-bond donors (Lipinski definition) is 1. The Balaban J connectivity index is 1.88. The van der Waals surface area contributed by atoms with Crippen molar-refractivity contribution < 1.29 is 19.4 Å². The number of carbonyl (C=O) groups is 2. The fraction of sp³-hybridized carbons (Fsp3) is 0.0870. The summed E-state index contributed by atoms with van der Waals surface area (Å²) in [5.41, 5.74) is 0.943. The van der Waals surface area contributed by atoms with E-state index in [-0.39, 0.29) is 23.7 Å². The van der Waals surface area contributed by atoms with Gasteiger partial charge in [0.05, 0.1) is 12.3 Å². The quantitative estimate of drug-likeness (QED) is 0.412. The maximum atomic E-state index is 12.8. The summed E-state index contributed by atoms with van der Waals surface area (Å²) in [6.45, 7) is 1.78. The molecule has 0 unspecified atom stereocenters. The van der Waals surface area contributed by atoms with Crippen LogP contribution >= 0.6 is 0 Å². The summed E-state index contributed by atoms with van der Waals surface area (Å²) in [6.07, 6.45) is 0. The molecule has 1 aliphatic heterocycles. The number of hydrogen-bond acceptors (Lipinski definition) is 5. The molecular formula is C23H17NO4. The summed E-state index contributed by atoms with van der Waals surface area (Å²) in [4.78, 5) is 29.7. The van der Waals surface area contributed by atoms with Gasteiger partial charge in [0.2, 0.25) is 5.78 Å². The molecule has 138 valence electrons. The molecule has 4 rings (SSSR count). The van der Waals surface area contributed by atoms with Gasteiger partial charge in [-0.2, -0.15) is 0 Å². The molecule has 0 bridgehead atoms. The van der Waals surface area contributed by atoms with E-state index in [1.54, 1.807) is 43.3 Å². The van der Waals surface area contributed by atoms with Gasteiger partial charge in [0.1, 0.15) is 17.0 Å². The molecule has 0 aliphatic carbocycles. The first-order valence-electron chi connectivity index (χ1n) is 8.92. The topological polar surface area (TPSA) is 76.0 Å². The Morgan fingerprint density at radius 3 is 2.46 bits per heavy atom. The third-order valence-corrected chi connectivity index (χ3v) is 4.57. The molecule has 0 amide bonds. The highest BCUT2D eigenvalue weighted by Crippen LogP contribution is 2.31. The van der Waals surface area contributed by atoms with Crippen LogP contribution in [0.4, 0.5) is 5.69 Å². The average molecular weight is 371 g/mol. The minimum absolute atomic E-state index is 0.106. The molecule has 0 saturated carbocycles. The fourth-order valence-corrected chi connectivity index (χ4v) is 3.22. The van der Waals surface area contributed by atoms with Crippen molar-refractivity contribution in [2.24, 2.45) is 4.99 Å². The van der Waals surface area contributed by atoms with Crippen LogP contribution in [0.1, 0.15) is 22.8 Å². The van der Waals surface area contributed by atoms with Crippen LogP contribution in [0.15, 0.2) is 77.3 Å². The van der Waals surface area contributed by atoms with Gasteiger partial charge in [-0.3, -0.25) is 4.79 Å². The van der Waals surface area contributed by atoms with Crippen molar-refractivity contribution in [3.8, 4) is 0 Å². The van der Waals surface area contributed by atoms with E-state index in [0.29, 0.717) is 16.8 Å². The monoisotopic (exact) mass is 371 g/mol. The smallest absolute Gasteiger partial charge is 0.344 e. The number of aliphatic hydroxyl groups excluding tert-OH is 1. The number of Topliss-reactive ketones (excluding diaryl/α,β-unsaturated/α-hetero) is 1. The molecule has 1 N–H and O–H groups in total.